The second-order valence-corrected chi connectivity index (χ2v) is 9.71. The fourth-order valence-corrected chi connectivity index (χ4v) is 5.14. The van der Waals surface area contributed by atoms with Gasteiger partial charge in [0, 0.05) is 60.4 Å². The lowest BCUT2D eigenvalue weighted by Gasteiger charge is -2.26. The largest absolute Gasteiger partial charge is 0.354 e. The standard InChI is InChI=1S/C24H35N5O3/c1-15(2)25-22(30)10-9-19-16(3)26-21-13-20(27-29(21)24(19)32)18-11-12-28(14-18)23(31)17-7-5-4-6-8-17/h13,15,17-18,27H,4-12,14H2,1-3H3,(H,25,30)/t18-/m0/s1. The first kappa shape index (κ1) is 22.6. The Kier molecular flexibility index (Phi) is 6.67. The molecule has 0 aromatic carbocycles. The summed E-state index contributed by atoms with van der Waals surface area (Å²) >= 11 is 0. The molecule has 1 saturated carbocycles. The van der Waals surface area contributed by atoms with E-state index in [0.29, 0.717) is 35.8 Å². The zero-order chi connectivity index (χ0) is 22.8. The SMILES string of the molecule is Cc1nc2cc([C@H]3CCN(C(=O)C4CCCCC4)C3)[nH]n2c(=O)c1CCC(=O)NC(C)C. The Morgan fingerprint density at radius 2 is 1.97 bits per heavy atom. The quantitative estimate of drug-likeness (QED) is 0.720. The molecule has 2 aromatic rings. The highest BCUT2D eigenvalue weighted by atomic mass is 16.2. The van der Waals surface area contributed by atoms with Gasteiger partial charge in [0.05, 0.1) is 0 Å². The predicted octanol–water partition coefficient (Wildman–Crippen LogP) is 2.68. The van der Waals surface area contributed by atoms with E-state index in [1.54, 1.807) is 0 Å². The van der Waals surface area contributed by atoms with Crippen molar-refractivity contribution in [2.75, 3.05) is 13.1 Å². The number of aromatic amines is 1. The first-order valence-corrected chi connectivity index (χ1v) is 12.0. The van der Waals surface area contributed by atoms with Crippen molar-refractivity contribution in [2.24, 2.45) is 5.92 Å². The smallest absolute Gasteiger partial charge is 0.276 e. The minimum absolute atomic E-state index is 0.0650. The summed E-state index contributed by atoms with van der Waals surface area (Å²) < 4.78 is 1.49. The van der Waals surface area contributed by atoms with Crippen molar-refractivity contribution in [1.82, 2.24) is 24.8 Å². The monoisotopic (exact) mass is 441 g/mol. The predicted molar refractivity (Wildman–Crippen MR) is 123 cm³/mol. The van der Waals surface area contributed by atoms with Crippen molar-refractivity contribution in [3.63, 3.8) is 0 Å². The van der Waals surface area contributed by atoms with Gasteiger partial charge in [0.1, 0.15) is 0 Å². The van der Waals surface area contributed by atoms with E-state index in [2.05, 4.69) is 15.4 Å². The van der Waals surface area contributed by atoms with Gasteiger partial charge >= 0.3 is 0 Å². The molecule has 1 aliphatic heterocycles. The molecule has 2 fully saturated rings. The van der Waals surface area contributed by atoms with E-state index in [0.717, 1.165) is 44.3 Å². The van der Waals surface area contributed by atoms with Crippen LogP contribution in [0.2, 0.25) is 0 Å². The molecule has 0 unspecified atom stereocenters. The Bertz CT molecular complexity index is 1050. The number of nitrogens with zero attached hydrogens (tertiary/aromatic N) is 3. The van der Waals surface area contributed by atoms with Crippen molar-refractivity contribution in [3.05, 3.63) is 33.4 Å². The molecule has 8 nitrogen and oxygen atoms in total. The zero-order valence-corrected chi connectivity index (χ0v) is 19.4. The van der Waals surface area contributed by atoms with Gasteiger partial charge in [-0.2, -0.15) is 0 Å². The van der Waals surface area contributed by atoms with E-state index in [9.17, 15) is 14.4 Å². The molecule has 0 bridgehead atoms. The Hall–Kier alpha value is -2.64. The van der Waals surface area contributed by atoms with Crippen LogP contribution in [0.4, 0.5) is 0 Å². The van der Waals surface area contributed by atoms with Gasteiger partial charge in [0.2, 0.25) is 11.8 Å². The minimum atomic E-state index is -0.149. The van der Waals surface area contributed by atoms with Gasteiger partial charge in [-0.25, -0.2) is 9.50 Å². The summed E-state index contributed by atoms with van der Waals surface area (Å²) in [6, 6.07) is 2.01. The van der Waals surface area contributed by atoms with E-state index in [4.69, 9.17) is 0 Å². The molecule has 32 heavy (non-hydrogen) atoms. The number of amides is 2. The first-order chi connectivity index (χ1) is 15.3. The fraction of sp³-hybridized carbons (Fsp3) is 0.667. The van der Waals surface area contributed by atoms with Crippen LogP contribution in [0.1, 0.15) is 81.7 Å². The zero-order valence-electron chi connectivity index (χ0n) is 19.4. The highest BCUT2D eigenvalue weighted by molar-refractivity contribution is 5.79. The number of H-pyrrole nitrogens is 1. The van der Waals surface area contributed by atoms with Gasteiger partial charge < -0.3 is 10.2 Å². The molecule has 4 rings (SSSR count). The molecule has 3 heterocycles. The molecular weight excluding hydrogens is 406 g/mol. The summed E-state index contributed by atoms with van der Waals surface area (Å²) in [5, 5.41) is 6.09. The number of hydrogen-bond donors (Lipinski definition) is 2. The average molecular weight is 442 g/mol. The number of rotatable bonds is 6. The molecule has 1 saturated heterocycles. The van der Waals surface area contributed by atoms with Gasteiger partial charge in [-0.3, -0.25) is 19.5 Å². The third kappa shape index (κ3) is 4.74. The number of hydrogen-bond acceptors (Lipinski definition) is 4. The minimum Gasteiger partial charge on any atom is -0.354 e. The molecule has 174 valence electrons. The lowest BCUT2D eigenvalue weighted by atomic mass is 9.88. The molecule has 1 aliphatic carbocycles. The normalized spacial score (nSPS) is 19.8. The molecule has 2 aromatic heterocycles. The van der Waals surface area contributed by atoms with Crippen LogP contribution in [0.15, 0.2) is 10.9 Å². The van der Waals surface area contributed by atoms with E-state index in [-0.39, 0.29) is 35.8 Å². The summed E-state index contributed by atoms with van der Waals surface area (Å²) in [6.07, 6.45) is 7.10. The Labute approximate surface area is 188 Å². The van der Waals surface area contributed by atoms with Crippen LogP contribution in [0, 0.1) is 12.8 Å². The second kappa shape index (κ2) is 9.46. The summed E-state index contributed by atoms with van der Waals surface area (Å²) in [5.74, 6) is 0.609. The number of nitrogens with one attached hydrogen (secondary N) is 2. The van der Waals surface area contributed by atoms with Gasteiger partial charge in [-0.15, -0.1) is 0 Å². The molecule has 8 heteroatoms. The molecule has 0 radical (unpaired) electrons. The summed E-state index contributed by atoms with van der Waals surface area (Å²) in [5.41, 5.74) is 2.62. The Morgan fingerprint density at radius 3 is 2.69 bits per heavy atom. The van der Waals surface area contributed by atoms with Gasteiger partial charge in [0.25, 0.3) is 5.56 Å². The van der Waals surface area contributed by atoms with Crippen molar-refractivity contribution in [1.29, 1.82) is 0 Å². The Morgan fingerprint density at radius 1 is 1.22 bits per heavy atom. The highest BCUT2D eigenvalue weighted by Crippen LogP contribution is 2.31. The average Bonchev–Trinajstić information content (AvgIpc) is 3.40. The number of likely N-dealkylation sites (tertiary alicyclic amines) is 1. The van der Waals surface area contributed by atoms with Crippen LogP contribution < -0.4 is 10.9 Å². The van der Waals surface area contributed by atoms with Crippen LogP contribution in [-0.2, 0) is 16.0 Å². The van der Waals surface area contributed by atoms with E-state index >= 15 is 0 Å². The van der Waals surface area contributed by atoms with Crippen LogP contribution in [0.5, 0.6) is 0 Å². The molecule has 1 atom stereocenters. The van der Waals surface area contributed by atoms with Crippen molar-refractivity contribution in [2.45, 2.75) is 84.1 Å². The van der Waals surface area contributed by atoms with E-state index < -0.39 is 0 Å². The third-order valence-corrected chi connectivity index (χ3v) is 6.88. The maximum absolute atomic E-state index is 13.1. The van der Waals surface area contributed by atoms with Crippen molar-refractivity contribution < 1.29 is 9.59 Å². The van der Waals surface area contributed by atoms with Crippen LogP contribution in [-0.4, -0.2) is 50.4 Å². The van der Waals surface area contributed by atoms with Crippen LogP contribution >= 0.6 is 0 Å². The second-order valence-electron chi connectivity index (χ2n) is 9.71. The summed E-state index contributed by atoms with van der Waals surface area (Å²) in [7, 11) is 0. The Balaban J connectivity index is 1.48. The maximum Gasteiger partial charge on any atom is 0.276 e. The van der Waals surface area contributed by atoms with E-state index in [1.807, 2.05) is 31.7 Å². The fourth-order valence-electron chi connectivity index (χ4n) is 5.14. The number of carbonyl (C=O) groups is 2. The number of aryl methyl sites for hydroxylation is 1. The lowest BCUT2D eigenvalue weighted by Crippen LogP contribution is -2.35. The van der Waals surface area contributed by atoms with E-state index in [1.165, 1.54) is 10.9 Å². The van der Waals surface area contributed by atoms with Crippen molar-refractivity contribution >= 4 is 17.5 Å². The number of fused-ring (bicyclic) bond motifs is 1. The molecular formula is C24H35N5O3. The van der Waals surface area contributed by atoms with Gasteiger partial charge in [-0.05, 0) is 46.5 Å². The molecule has 2 amide bonds. The van der Waals surface area contributed by atoms with Gasteiger partial charge in [-0.1, -0.05) is 19.3 Å². The number of carbonyl (C=O) groups excluding carboxylic acids is 2. The van der Waals surface area contributed by atoms with Crippen molar-refractivity contribution in [3.8, 4) is 0 Å². The molecule has 0 spiro atoms. The summed E-state index contributed by atoms with van der Waals surface area (Å²) in [4.78, 5) is 44.6. The van der Waals surface area contributed by atoms with Crippen LogP contribution in [0.3, 0.4) is 0 Å². The summed E-state index contributed by atoms with van der Waals surface area (Å²) in [6.45, 7) is 7.12. The maximum atomic E-state index is 13.1. The lowest BCUT2D eigenvalue weighted by molar-refractivity contribution is -0.135. The first-order valence-electron chi connectivity index (χ1n) is 12.0. The topological polar surface area (TPSA) is 99.6 Å². The highest BCUT2D eigenvalue weighted by Gasteiger charge is 2.33. The molecule has 2 aliphatic rings. The third-order valence-electron chi connectivity index (χ3n) is 6.88. The molecule has 2 N–H and O–H groups in total. The van der Waals surface area contributed by atoms with Gasteiger partial charge in [0.15, 0.2) is 5.65 Å². The number of aromatic nitrogens is 3. The van der Waals surface area contributed by atoms with Crippen LogP contribution in [0.25, 0.3) is 5.65 Å².